The normalized spacial score (nSPS) is 14.9. The van der Waals surface area contributed by atoms with Crippen LogP contribution in [0.3, 0.4) is 0 Å². The predicted molar refractivity (Wildman–Crippen MR) is 108 cm³/mol. The quantitative estimate of drug-likeness (QED) is 0.652. The van der Waals surface area contributed by atoms with E-state index in [4.69, 9.17) is 4.74 Å². The van der Waals surface area contributed by atoms with Crippen LogP contribution in [0.5, 0.6) is 5.75 Å². The SMILES string of the molecule is COc1cccc(C2CCN(C(=O)c3csc(-c4ccccc4)n3)CC2)c1. The maximum Gasteiger partial charge on any atom is 0.273 e. The highest BCUT2D eigenvalue weighted by atomic mass is 32.1. The Kier molecular flexibility index (Phi) is 5.21. The van der Waals surface area contributed by atoms with E-state index >= 15 is 0 Å². The molecule has 2 aromatic carbocycles. The summed E-state index contributed by atoms with van der Waals surface area (Å²) in [7, 11) is 1.69. The van der Waals surface area contributed by atoms with Gasteiger partial charge in [-0.15, -0.1) is 11.3 Å². The Hall–Kier alpha value is -2.66. The number of ether oxygens (including phenoxy) is 1. The topological polar surface area (TPSA) is 42.4 Å². The number of likely N-dealkylation sites (tertiary alicyclic amines) is 1. The molecule has 0 spiro atoms. The Bertz CT molecular complexity index is 915. The van der Waals surface area contributed by atoms with Gasteiger partial charge in [0.15, 0.2) is 0 Å². The zero-order valence-corrected chi connectivity index (χ0v) is 16.1. The maximum absolute atomic E-state index is 12.8. The number of hydrogen-bond acceptors (Lipinski definition) is 4. The van der Waals surface area contributed by atoms with Crippen molar-refractivity contribution in [2.24, 2.45) is 0 Å². The van der Waals surface area contributed by atoms with Gasteiger partial charge in [-0.05, 0) is 36.5 Å². The van der Waals surface area contributed by atoms with E-state index in [9.17, 15) is 4.79 Å². The molecule has 0 N–H and O–H groups in total. The Balaban J connectivity index is 1.41. The van der Waals surface area contributed by atoms with Crippen molar-refractivity contribution in [2.45, 2.75) is 18.8 Å². The molecule has 3 aromatic rings. The zero-order valence-electron chi connectivity index (χ0n) is 15.3. The summed E-state index contributed by atoms with van der Waals surface area (Å²) in [6.45, 7) is 1.53. The van der Waals surface area contributed by atoms with Gasteiger partial charge in [0.05, 0.1) is 7.11 Å². The van der Waals surface area contributed by atoms with Gasteiger partial charge in [-0.1, -0.05) is 42.5 Å². The molecule has 4 rings (SSSR count). The van der Waals surface area contributed by atoms with Gasteiger partial charge in [-0.3, -0.25) is 4.79 Å². The molecule has 1 amide bonds. The molecule has 2 heterocycles. The first-order valence-electron chi connectivity index (χ1n) is 9.19. The highest BCUT2D eigenvalue weighted by Gasteiger charge is 2.26. The molecule has 5 heteroatoms. The van der Waals surface area contributed by atoms with Gasteiger partial charge >= 0.3 is 0 Å². The molecule has 0 aliphatic carbocycles. The van der Waals surface area contributed by atoms with Gasteiger partial charge in [0, 0.05) is 24.0 Å². The Labute approximate surface area is 163 Å². The molecule has 0 bridgehead atoms. The summed E-state index contributed by atoms with van der Waals surface area (Å²) in [5.41, 5.74) is 2.90. The summed E-state index contributed by atoms with van der Waals surface area (Å²) < 4.78 is 5.33. The van der Waals surface area contributed by atoms with E-state index in [1.165, 1.54) is 16.9 Å². The van der Waals surface area contributed by atoms with Gasteiger partial charge < -0.3 is 9.64 Å². The monoisotopic (exact) mass is 378 g/mol. The van der Waals surface area contributed by atoms with Crippen molar-refractivity contribution in [2.75, 3.05) is 20.2 Å². The lowest BCUT2D eigenvalue weighted by molar-refractivity contribution is 0.0708. The Morgan fingerprint density at radius 1 is 1.11 bits per heavy atom. The zero-order chi connectivity index (χ0) is 18.6. The first-order chi connectivity index (χ1) is 13.2. The minimum Gasteiger partial charge on any atom is -0.497 e. The standard InChI is InChI=1S/C22H22N2O2S/c1-26-19-9-5-8-18(14-19)16-10-12-24(13-11-16)22(25)20-15-27-21(23-20)17-6-3-2-4-7-17/h2-9,14-16H,10-13H2,1H3. The van der Waals surface area contributed by atoms with E-state index in [-0.39, 0.29) is 5.91 Å². The molecule has 1 saturated heterocycles. The van der Waals surface area contributed by atoms with Crippen LogP contribution < -0.4 is 4.74 Å². The first kappa shape index (κ1) is 17.7. The lowest BCUT2D eigenvalue weighted by Crippen LogP contribution is -2.38. The van der Waals surface area contributed by atoms with Crippen LogP contribution in [-0.4, -0.2) is 36.0 Å². The van der Waals surface area contributed by atoms with Crippen molar-refractivity contribution in [3.8, 4) is 16.3 Å². The highest BCUT2D eigenvalue weighted by Crippen LogP contribution is 2.31. The number of piperidine rings is 1. The van der Waals surface area contributed by atoms with Crippen LogP contribution in [0.15, 0.2) is 60.0 Å². The molecule has 1 aromatic heterocycles. The van der Waals surface area contributed by atoms with Crippen molar-refractivity contribution in [3.05, 3.63) is 71.2 Å². The number of carbonyl (C=O) groups is 1. The molecule has 4 nitrogen and oxygen atoms in total. The predicted octanol–water partition coefficient (Wildman–Crippen LogP) is 4.84. The number of nitrogens with zero attached hydrogens (tertiary/aromatic N) is 2. The Morgan fingerprint density at radius 2 is 1.89 bits per heavy atom. The number of rotatable bonds is 4. The molecule has 0 radical (unpaired) electrons. The second-order valence-electron chi connectivity index (χ2n) is 6.75. The average Bonchev–Trinajstić information content (AvgIpc) is 3.24. The van der Waals surface area contributed by atoms with Gasteiger partial charge in [0.25, 0.3) is 5.91 Å². The summed E-state index contributed by atoms with van der Waals surface area (Å²) >= 11 is 1.52. The largest absolute Gasteiger partial charge is 0.497 e. The third kappa shape index (κ3) is 3.88. The van der Waals surface area contributed by atoms with E-state index in [0.717, 1.165) is 42.3 Å². The molecule has 1 fully saturated rings. The average molecular weight is 378 g/mol. The van der Waals surface area contributed by atoms with Crippen LogP contribution in [0.2, 0.25) is 0 Å². The second kappa shape index (κ2) is 7.92. The van der Waals surface area contributed by atoms with E-state index in [2.05, 4.69) is 17.1 Å². The number of carbonyl (C=O) groups excluding carboxylic acids is 1. The van der Waals surface area contributed by atoms with Crippen LogP contribution in [0.4, 0.5) is 0 Å². The van der Waals surface area contributed by atoms with Gasteiger partial charge in [0.2, 0.25) is 0 Å². The smallest absolute Gasteiger partial charge is 0.273 e. The molecule has 0 atom stereocenters. The fourth-order valence-corrected chi connectivity index (χ4v) is 4.36. The number of hydrogen-bond donors (Lipinski definition) is 0. The summed E-state index contributed by atoms with van der Waals surface area (Å²) in [5, 5.41) is 2.77. The minimum atomic E-state index is 0.0394. The molecule has 27 heavy (non-hydrogen) atoms. The number of benzene rings is 2. The maximum atomic E-state index is 12.8. The summed E-state index contributed by atoms with van der Waals surface area (Å²) in [5.74, 6) is 1.40. The van der Waals surface area contributed by atoms with Crippen molar-refractivity contribution >= 4 is 17.2 Å². The summed E-state index contributed by atoms with van der Waals surface area (Å²) in [6.07, 6.45) is 1.93. The molecule has 138 valence electrons. The van der Waals surface area contributed by atoms with Gasteiger partial charge in [0.1, 0.15) is 16.5 Å². The summed E-state index contributed by atoms with van der Waals surface area (Å²) in [6, 6.07) is 18.3. The lowest BCUT2D eigenvalue weighted by Gasteiger charge is -2.32. The van der Waals surface area contributed by atoms with E-state index in [0.29, 0.717) is 11.6 Å². The number of thiazole rings is 1. The molecular formula is C22H22N2O2S. The van der Waals surface area contributed by atoms with Crippen molar-refractivity contribution < 1.29 is 9.53 Å². The van der Waals surface area contributed by atoms with E-state index in [1.807, 2.05) is 52.7 Å². The van der Waals surface area contributed by atoms with Crippen LogP contribution in [0.25, 0.3) is 10.6 Å². The third-order valence-corrected chi connectivity index (χ3v) is 5.98. The number of methoxy groups -OCH3 is 1. The third-order valence-electron chi connectivity index (χ3n) is 5.09. The van der Waals surface area contributed by atoms with Gasteiger partial charge in [-0.2, -0.15) is 0 Å². The number of amides is 1. The van der Waals surface area contributed by atoms with Crippen molar-refractivity contribution in [1.82, 2.24) is 9.88 Å². The van der Waals surface area contributed by atoms with E-state index < -0.39 is 0 Å². The fourth-order valence-electron chi connectivity index (χ4n) is 3.56. The summed E-state index contributed by atoms with van der Waals surface area (Å²) in [4.78, 5) is 19.3. The first-order valence-corrected chi connectivity index (χ1v) is 10.1. The lowest BCUT2D eigenvalue weighted by atomic mass is 9.89. The van der Waals surface area contributed by atoms with Crippen LogP contribution in [-0.2, 0) is 0 Å². The molecular weight excluding hydrogens is 356 g/mol. The number of aromatic nitrogens is 1. The highest BCUT2D eigenvalue weighted by molar-refractivity contribution is 7.13. The molecule has 0 unspecified atom stereocenters. The van der Waals surface area contributed by atoms with Crippen LogP contribution >= 0.6 is 11.3 Å². The molecule has 0 saturated carbocycles. The molecule has 1 aliphatic heterocycles. The second-order valence-corrected chi connectivity index (χ2v) is 7.61. The molecule has 1 aliphatic rings. The van der Waals surface area contributed by atoms with Crippen molar-refractivity contribution in [1.29, 1.82) is 0 Å². The van der Waals surface area contributed by atoms with Gasteiger partial charge in [-0.25, -0.2) is 4.98 Å². The minimum absolute atomic E-state index is 0.0394. The van der Waals surface area contributed by atoms with Crippen molar-refractivity contribution in [3.63, 3.8) is 0 Å². The van der Waals surface area contributed by atoms with Crippen LogP contribution in [0, 0.1) is 0 Å². The van der Waals surface area contributed by atoms with E-state index in [1.54, 1.807) is 7.11 Å². The van der Waals surface area contributed by atoms with Crippen LogP contribution in [0.1, 0.15) is 34.8 Å². The Morgan fingerprint density at radius 3 is 2.63 bits per heavy atom. The fraction of sp³-hybridized carbons (Fsp3) is 0.273.